The van der Waals surface area contributed by atoms with Gasteiger partial charge in [0, 0.05) is 19.4 Å². The highest BCUT2D eigenvalue weighted by Crippen LogP contribution is 2.08. The van der Waals surface area contributed by atoms with E-state index in [0.717, 1.165) is 6.42 Å². The summed E-state index contributed by atoms with van der Waals surface area (Å²) in [4.78, 5) is 75.9. The van der Waals surface area contributed by atoms with Gasteiger partial charge in [0.1, 0.15) is 18.1 Å². The van der Waals surface area contributed by atoms with Crippen molar-refractivity contribution in [2.24, 2.45) is 22.2 Å². The van der Waals surface area contributed by atoms with Crippen molar-refractivity contribution < 1.29 is 39.0 Å². The number of hydrogen-bond donors (Lipinski definition) is 9. The number of rotatable bonds is 17. The first-order valence-electron chi connectivity index (χ1n) is 11.8. The van der Waals surface area contributed by atoms with E-state index in [1.807, 2.05) is 0 Å². The predicted octanol–water partition coefficient (Wildman–Crippen LogP) is -3.54. The monoisotopic (exact) mass is 528 g/mol. The molecule has 0 spiro atoms. The summed E-state index contributed by atoms with van der Waals surface area (Å²) in [6, 6.07) is -4.51. The maximum Gasteiger partial charge on any atom is 0.326 e. The second kappa shape index (κ2) is 15.9. The third-order valence-electron chi connectivity index (χ3n) is 5.53. The van der Waals surface area contributed by atoms with E-state index in [1.54, 1.807) is 0 Å². The first kappa shape index (κ1) is 31.1. The van der Waals surface area contributed by atoms with Crippen LogP contribution in [0.4, 0.5) is 0 Å². The molecule has 1 rings (SSSR count). The Kier molecular flexibility index (Phi) is 13.4. The Bertz CT molecular complexity index is 871. The molecule has 4 amide bonds. The van der Waals surface area contributed by atoms with Crippen LogP contribution < -0.4 is 38.5 Å². The molecule has 16 heteroatoms. The molecule has 37 heavy (non-hydrogen) atoms. The van der Waals surface area contributed by atoms with Crippen molar-refractivity contribution in [3.63, 3.8) is 0 Å². The van der Waals surface area contributed by atoms with Crippen molar-refractivity contribution in [3.05, 3.63) is 0 Å². The minimum atomic E-state index is -1.45. The average Bonchev–Trinajstić information content (AvgIpc) is 3.35. The molecule has 0 aromatic carbocycles. The van der Waals surface area contributed by atoms with Crippen molar-refractivity contribution in [1.82, 2.24) is 21.3 Å². The van der Waals surface area contributed by atoms with Gasteiger partial charge in [-0.05, 0) is 45.1 Å². The van der Waals surface area contributed by atoms with E-state index in [4.69, 9.17) is 22.3 Å². The molecule has 0 aromatic rings. The quantitative estimate of drug-likeness (QED) is 0.0506. The molecule has 16 nitrogen and oxygen atoms in total. The van der Waals surface area contributed by atoms with Gasteiger partial charge in [-0.2, -0.15) is 0 Å². The van der Waals surface area contributed by atoms with Gasteiger partial charge < -0.3 is 48.7 Å². The first-order chi connectivity index (χ1) is 17.4. The van der Waals surface area contributed by atoms with Crippen molar-refractivity contribution >= 4 is 41.5 Å². The van der Waals surface area contributed by atoms with Gasteiger partial charge >= 0.3 is 11.9 Å². The molecule has 1 saturated heterocycles. The van der Waals surface area contributed by atoms with Gasteiger partial charge in [0.2, 0.25) is 23.6 Å². The van der Waals surface area contributed by atoms with Crippen molar-refractivity contribution in [3.8, 4) is 0 Å². The van der Waals surface area contributed by atoms with E-state index in [9.17, 15) is 33.9 Å². The molecule has 1 heterocycles. The maximum atomic E-state index is 13.0. The van der Waals surface area contributed by atoms with Crippen molar-refractivity contribution in [1.29, 1.82) is 0 Å². The number of nitrogens with two attached hydrogens (primary N) is 3. The van der Waals surface area contributed by atoms with E-state index in [0.29, 0.717) is 13.0 Å². The topological polar surface area (TPSA) is 281 Å². The van der Waals surface area contributed by atoms with Crippen LogP contribution in [0.2, 0.25) is 0 Å². The molecule has 12 N–H and O–H groups in total. The Morgan fingerprint density at radius 3 is 1.97 bits per heavy atom. The number of carboxylic acids is 2. The number of primary amides is 1. The number of carboxylic acid groups (broad SMARTS) is 2. The lowest BCUT2D eigenvalue weighted by Crippen LogP contribution is -2.57. The summed E-state index contributed by atoms with van der Waals surface area (Å²) in [5.74, 6) is -5.69. The van der Waals surface area contributed by atoms with Crippen LogP contribution in [-0.2, 0) is 28.8 Å². The van der Waals surface area contributed by atoms with Crippen molar-refractivity contribution in [2.75, 3.05) is 13.1 Å². The smallest absolute Gasteiger partial charge is 0.326 e. The van der Waals surface area contributed by atoms with Crippen LogP contribution in [0.3, 0.4) is 0 Å². The zero-order chi connectivity index (χ0) is 28.0. The molecule has 0 bridgehead atoms. The van der Waals surface area contributed by atoms with Crippen LogP contribution in [0.1, 0.15) is 51.4 Å². The Morgan fingerprint density at radius 2 is 1.46 bits per heavy atom. The number of hydrogen-bond acceptors (Lipinski definition) is 8. The number of carbonyl (C=O) groups is 6. The summed E-state index contributed by atoms with van der Waals surface area (Å²) >= 11 is 0. The minimum absolute atomic E-state index is 0.0136. The lowest BCUT2D eigenvalue weighted by molar-refractivity contribution is -0.142. The molecule has 0 radical (unpaired) electrons. The molecule has 1 aliphatic rings. The van der Waals surface area contributed by atoms with Gasteiger partial charge in [0.05, 0.1) is 6.04 Å². The number of amides is 4. The second-order valence-electron chi connectivity index (χ2n) is 8.56. The van der Waals surface area contributed by atoms with E-state index >= 15 is 0 Å². The first-order valence-corrected chi connectivity index (χ1v) is 11.8. The van der Waals surface area contributed by atoms with Gasteiger partial charge in [-0.15, -0.1) is 0 Å². The standard InChI is InChI=1S/C21H36N8O8/c22-15(30)7-5-14(20(36)37)29-18(34)12(4-2-10-26-21(23)24)27-19(35)13(6-8-16(31)32)28-17(33)11-3-1-9-25-11/h11-14,25H,1-10H2,(H2,22,30)(H,27,35)(H,28,33)(H,29,34)(H,31,32)(H,36,37)(H4,23,24,26). The van der Waals surface area contributed by atoms with E-state index < -0.39 is 66.2 Å². The van der Waals surface area contributed by atoms with Gasteiger partial charge in [0.15, 0.2) is 5.96 Å². The summed E-state index contributed by atoms with van der Waals surface area (Å²) in [5, 5.41) is 28.6. The maximum absolute atomic E-state index is 13.0. The SMILES string of the molecule is NC(=O)CCC(NC(=O)C(CCCN=C(N)N)NC(=O)C(CCC(=O)O)NC(=O)C1CCCN1)C(=O)O. The molecule has 0 saturated carbocycles. The highest BCUT2D eigenvalue weighted by molar-refractivity contribution is 5.94. The molecule has 4 atom stereocenters. The number of aliphatic carboxylic acids is 2. The van der Waals surface area contributed by atoms with Crippen molar-refractivity contribution in [2.45, 2.75) is 75.5 Å². The fraction of sp³-hybridized carbons (Fsp3) is 0.667. The summed E-state index contributed by atoms with van der Waals surface area (Å²) in [6.45, 7) is 0.737. The van der Waals surface area contributed by atoms with Crippen LogP contribution in [0.15, 0.2) is 4.99 Å². The molecule has 0 aliphatic carbocycles. The highest BCUT2D eigenvalue weighted by atomic mass is 16.4. The Morgan fingerprint density at radius 1 is 0.865 bits per heavy atom. The Hall–Kier alpha value is -3.95. The van der Waals surface area contributed by atoms with E-state index in [-0.39, 0.29) is 44.6 Å². The van der Waals surface area contributed by atoms with Gasteiger partial charge in [0.25, 0.3) is 0 Å². The number of guanidine groups is 1. The normalized spacial score (nSPS) is 17.0. The zero-order valence-electron chi connectivity index (χ0n) is 20.4. The van der Waals surface area contributed by atoms with Crippen LogP contribution >= 0.6 is 0 Å². The Labute approximate surface area is 213 Å². The average molecular weight is 529 g/mol. The lowest BCUT2D eigenvalue weighted by atomic mass is 10.1. The summed E-state index contributed by atoms with van der Waals surface area (Å²) in [7, 11) is 0. The molecule has 4 unspecified atom stereocenters. The van der Waals surface area contributed by atoms with E-state index in [2.05, 4.69) is 26.3 Å². The lowest BCUT2D eigenvalue weighted by Gasteiger charge is -2.25. The second-order valence-corrected chi connectivity index (χ2v) is 8.56. The molecule has 1 aliphatic heterocycles. The highest BCUT2D eigenvalue weighted by Gasteiger charge is 2.31. The largest absolute Gasteiger partial charge is 0.481 e. The third kappa shape index (κ3) is 12.5. The number of carbonyl (C=O) groups excluding carboxylic acids is 4. The summed E-state index contributed by atoms with van der Waals surface area (Å²) < 4.78 is 0. The number of nitrogens with zero attached hydrogens (tertiary/aromatic N) is 1. The van der Waals surface area contributed by atoms with E-state index in [1.165, 1.54) is 0 Å². The van der Waals surface area contributed by atoms with Crippen LogP contribution in [-0.4, -0.2) is 89.0 Å². The van der Waals surface area contributed by atoms with Gasteiger partial charge in [-0.25, -0.2) is 4.79 Å². The fourth-order valence-corrected chi connectivity index (χ4v) is 3.58. The zero-order valence-corrected chi connectivity index (χ0v) is 20.4. The summed E-state index contributed by atoms with van der Waals surface area (Å²) in [6.07, 6.45) is 0.297. The predicted molar refractivity (Wildman–Crippen MR) is 130 cm³/mol. The molecular formula is C21H36N8O8. The molecule has 0 aromatic heterocycles. The third-order valence-corrected chi connectivity index (χ3v) is 5.53. The molecular weight excluding hydrogens is 492 g/mol. The minimum Gasteiger partial charge on any atom is -0.481 e. The van der Waals surface area contributed by atoms with Crippen LogP contribution in [0.25, 0.3) is 0 Å². The fourth-order valence-electron chi connectivity index (χ4n) is 3.58. The Balaban J connectivity index is 3.00. The van der Waals surface area contributed by atoms with Crippen LogP contribution in [0, 0.1) is 0 Å². The molecule has 208 valence electrons. The number of nitrogens with one attached hydrogen (secondary N) is 4. The van der Waals surface area contributed by atoms with Crippen LogP contribution in [0.5, 0.6) is 0 Å². The molecule has 1 fully saturated rings. The van der Waals surface area contributed by atoms with Gasteiger partial charge in [-0.3, -0.25) is 29.0 Å². The summed E-state index contributed by atoms with van der Waals surface area (Å²) in [5.41, 5.74) is 15.6. The van der Waals surface area contributed by atoms with Gasteiger partial charge in [-0.1, -0.05) is 0 Å². The number of aliphatic imine (C=N–C) groups is 1.